The Morgan fingerprint density at radius 3 is 1.93 bits per heavy atom. The van der Waals surface area contributed by atoms with Crippen molar-refractivity contribution in [1.82, 2.24) is 0 Å². The second kappa shape index (κ2) is 8.70. The zero-order chi connectivity index (χ0) is 19.1. The molecule has 0 aliphatic carbocycles. The minimum atomic E-state index is -2.21. The van der Waals surface area contributed by atoms with Crippen LogP contribution in [0.3, 0.4) is 0 Å². The van der Waals surface area contributed by atoms with Gasteiger partial charge in [-0.3, -0.25) is 0 Å². The monoisotopic (exact) mass is 374 g/mol. The largest absolute Gasteiger partial charge is 0.462 e. The van der Waals surface area contributed by atoms with E-state index in [0.717, 1.165) is 5.30 Å². The van der Waals surface area contributed by atoms with E-state index >= 15 is 0 Å². The molecule has 0 bridgehead atoms. The number of rotatable bonds is 6. The molecule has 0 amide bonds. The molecule has 0 unspecified atom stereocenters. The fraction of sp³-hybridized carbons (Fsp3) is 0.0833. The van der Waals surface area contributed by atoms with Gasteiger partial charge in [0.25, 0.3) is 0 Å². The predicted octanol–water partition coefficient (Wildman–Crippen LogP) is 4.15. The van der Waals surface area contributed by atoms with Crippen molar-refractivity contribution in [2.45, 2.75) is 6.92 Å². The summed E-state index contributed by atoms with van der Waals surface area (Å²) in [6, 6.07) is 28.4. The van der Waals surface area contributed by atoms with Gasteiger partial charge in [0.15, 0.2) is 0 Å². The van der Waals surface area contributed by atoms with Crippen molar-refractivity contribution >= 4 is 34.6 Å². The normalized spacial score (nSPS) is 10.9. The van der Waals surface area contributed by atoms with Gasteiger partial charge in [0.1, 0.15) is 0 Å². The van der Waals surface area contributed by atoms with Gasteiger partial charge in [-0.25, -0.2) is 4.79 Å². The predicted molar refractivity (Wildman–Crippen MR) is 117 cm³/mol. The first-order valence-electron chi connectivity index (χ1n) is 8.97. The fourth-order valence-electron chi connectivity index (χ4n) is 3.33. The van der Waals surface area contributed by atoms with Gasteiger partial charge >= 0.3 is 5.97 Å². The van der Waals surface area contributed by atoms with Crippen LogP contribution in [0.1, 0.15) is 17.3 Å². The van der Waals surface area contributed by atoms with Crippen molar-refractivity contribution in [3.63, 3.8) is 0 Å². The minimum Gasteiger partial charge on any atom is -0.462 e. The third kappa shape index (κ3) is 3.67. The molecular weight excluding hydrogens is 351 g/mol. The Hall–Kier alpha value is -2.83. The first-order valence-corrected chi connectivity index (χ1v) is 10.8. The van der Waals surface area contributed by atoms with Crippen LogP contribution in [-0.2, 0) is 4.74 Å². The number of hydrogen-bond acceptors (Lipinski definition) is 2. The molecule has 0 atom stereocenters. The Balaban J connectivity index is 2.42. The lowest BCUT2D eigenvalue weighted by Gasteiger charge is -2.29. The zero-order valence-electron chi connectivity index (χ0n) is 15.4. The number of carbonyl (C=O) groups is 1. The summed E-state index contributed by atoms with van der Waals surface area (Å²) in [5.41, 5.74) is 0.610. The van der Waals surface area contributed by atoms with Crippen LogP contribution in [0.2, 0.25) is 0 Å². The smallest absolute Gasteiger partial charge is 0.338 e. The molecule has 0 aromatic heterocycles. The highest BCUT2D eigenvalue weighted by Gasteiger charge is 2.28. The zero-order valence-corrected chi connectivity index (χ0v) is 16.3. The molecule has 3 aromatic carbocycles. The molecule has 0 saturated carbocycles. The van der Waals surface area contributed by atoms with E-state index in [9.17, 15) is 4.79 Å². The van der Waals surface area contributed by atoms with Crippen LogP contribution < -0.4 is 15.9 Å². The lowest BCUT2D eigenvalue weighted by molar-refractivity contribution is 0.0528. The number of benzene rings is 3. The van der Waals surface area contributed by atoms with Gasteiger partial charge in [-0.05, 0) is 35.8 Å². The summed E-state index contributed by atoms with van der Waals surface area (Å²) in [6.07, 6.45) is 1.84. The molecule has 0 aliphatic heterocycles. The molecule has 0 radical (unpaired) electrons. The quantitative estimate of drug-likeness (QED) is 0.479. The maximum atomic E-state index is 12.7. The van der Waals surface area contributed by atoms with Gasteiger partial charge in [-0.15, -0.1) is 0 Å². The van der Waals surface area contributed by atoms with Crippen molar-refractivity contribution in [1.29, 1.82) is 0 Å². The van der Waals surface area contributed by atoms with Gasteiger partial charge in [0.05, 0.1) is 12.2 Å². The summed E-state index contributed by atoms with van der Waals surface area (Å²) < 4.78 is 5.35. The van der Waals surface area contributed by atoms with E-state index < -0.39 is 6.89 Å². The molecule has 0 aliphatic rings. The SMILES string of the molecule is C=CC=P(c1ccccc1)(c1ccccc1)c1ccccc1C(=O)OCC. The summed E-state index contributed by atoms with van der Waals surface area (Å²) in [5, 5.41) is 3.33. The summed E-state index contributed by atoms with van der Waals surface area (Å²) in [4.78, 5) is 12.7. The maximum Gasteiger partial charge on any atom is 0.338 e. The average molecular weight is 374 g/mol. The fourth-order valence-corrected chi connectivity index (χ4v) is 7.15. The molecule has 2 nitrogen and oxygen atoms in total. The minimum absolute atomic E-state index is 0.290. The standard InChI is InChI=1S/C24H23O2P/c1-3-19-27(20-13-7-5-8-14-20,21-15-9-6-10-16-21)23-18-12-11-17-22(23)24(25)26-4-2/h3,5-19H,1,4H2,2H3. The van der Waals surface area contributed by atoms with E-state index in [0.29, 0.717) is 12.2 Å². The van der Waals surface area contributed by atoms with Crippen molar-refractivity contribution in [2.24, 2.45) is 0 Å². The van der Waals surface area contributed by atoms with Gasteiger partial charge in [-0.2, -0.15) is 0 Å². The van der Waals surface area contributed by atoms with E-state index in [1.165, 1.54) is 10.6 Å². The highest BCUT2D eigenvalue weighted by atomic mass is 31.2. The second-order valence-corrected chi connectivity index (χ2v) is 9.27. The first kappa shape index (κ1) is 18.9. The molecule has 27 heavy (non-hydrogen) atoms. The van der Waals surface area contributed by atoms with E-state index in [-0.39, 0.29) is 5.97 Å². The van der Waals surface area contributed by atoms with Gasteiger partial charge in [-0.1, -0.05) is 97.3 Å². The first-order chi connectivity index (χ1) is 13.2. The Bertz CT molecular complexity index is 932. The maximum absolute atomic E-state index is 12.7. The molecule has 3 aromatic rings. The van der Waals surface area contributed by atoms with Gasteiger partial charge < -0.3 is 4.74 Å². The summed E-state index contributed by atoms with van der Waals surface area (Å²) in [6.45, 7) is 3.95. The van der Waals surface area contributed by atoms with Crippen molar-refractivity contribution in [3.05, 3.63) is 103 Å². The van der Waals surface area contributed by atoms with Crippen LogP contribution in [0.4, 0.5) is 0 Å². The Morgan fingerprint density at radius 1 is 0.889 bits per heavy atom. The van der Waals surface area contributed by atoms with Crippen molar-refractivity contribution in [2.75, 3.05) is 6.61 Å². The summed E-state index contributed by atoms with van der Waals surface area (Å²) in [7, 11) is 0. The van der Waals surface area contributed by atoms with Crippen LogP contribution in [-0.4, -0.2) is 18.4 Å². The molecule has 136 valence electrons. The molecule has 0 heterocycles. The molecule has 0 saturated heterocycles. The van der Waals surface area contributed by atoms with Crippen LogP contribution in [0, 0.1) is 0 Å². The van der Waals surface area contributed by atoms with Crippen molar-refractivity contribution in [3.8, 4) is 0 Å². The average Bonchev–Trinajstić information content (AvgIpc) is 2.73. The number of esters is 1. The van der Waals surface area contributed by atoms with Crippen molar-refractivity contribution < 1.29 is 9.53 Å². The second-order valence-electron chi connectivity index (χ2n) is 6.02. The Labute approximate surface area is 161 Å². The number of allylic oxidation sites excluding steroid dienone is 1. The molecular formula is C24H23O2P. The summed E-state index contributed by atoms with van der Waals surface area (Å²) >= 11 is 0. The topological polar surface area (TPSA) is 26.3 Å². The Kier molecular flexibility index (Phi) is 6.11. The molecule has 3 rings (SSSR count). The van der Waals surface area contributed by atoms with E-state index in [2.05, 4.69) is 36.6 Å². The highest BCUT2D eigenvalue weighted by molar-refractivity contribution is 7.94. The molecule has 0 fully saturated rings. The lowest BCUT2D eigenvalue weighted by Crippen LogP contribution is -2.30. The van der Waals surface area contributed by atoms with Crippen LogP contribution >= 0.6 is 6.89 Å². The highest BCUT2D eigenvalue weighted by Crippen LogP contribution is 2.44. The third-order valence-corrected chi connectivity index (χ3v) is 8.47. The van der Waals surface area contributed by atoms with Gasteiger partial charge in [0, 0.05) is 0 Å². The van der Waals surface area contributed by atoms with Gasteiger partial charge in [0.2, 0.25) is 0 Å². The number of carbonyl (C=O) groups excluding carboxylic acids is 1. The summed E-state index contributed by atoms with van der Waals surface area (Å²) in [5.74, 6) is 1.87. The van der Waals surface area contributed by atoms with Crippen LogP contribution in [0.25, 0.3) is 0 Å². The number of hydrogen-bond donors (Lipinski definition) is 0. The molecule has 0 N–H and O–H groups in total. The third-order valence-electron chi connectivity index (χ3n) is 4.44. The Morgan fingerprint density at radius 2 is 1.41 bits per heavy atom. The molecule has 0 spiro atoms. The van der Waals surface area contributed by atoms with Crippen LogP contribution in [0.15, 0.2) is 97.6 Å². The number of ether oxygens (including phenoxy) is 1. The molecule has 3 heteroatoms. The van der Waals surface area contributed by atoms with E-state index in [4.69, 9.17) is 4.74 Å². The lowest BCUT2D eigenvalue weighted by atomic mass is 10.2. The van der Waals surface area contributed by atoms with E-state index in [1.807, 2.05) is 73.7 Å². The van der Waals surface area contributed by atoms with Crippen LogP contribution in [0.5, 0.6) is 0 Å². The van der Waals surface area contributed by atoms with E-state index in [1.54, 1.807) is 0 Å².